The number of aryl methyl sites for hydroxylation is 2. The molecule has 78 valence electrons. The van der Waals surface area contributed by atoms with Gasteiger partial charge in [-0.25, -0.2) is 0 Å². The zero-order valence-corrected chi connectivity index (χ0v) is 9.57. The summed E-state index contributed by atoms with van der Waals surface area (Å²) in [5, 5.41) is 0. The second-order valence-corrected chi connectivity index (χ2v) is 3.99. The number of hydrogen-bond donors (Lipinski definition) is 1. The van der Waals surface area contributed by atoms with Gasteiger partial charge in [-0.2, -0.15) is 4.21 Å². The molecule has 0 saturated carbocycles. The summed E-state index contributed by atoms with van der Waals surface area (Å²) in [4.78, 5) is 0. The van der Waals surface area contributed by atoms with Crippen molar-refractivity contribution in [3.63, 3.8) is 0 Å². The maximum atomic E-state index is 10.6. The molecule has 0 saturated heterocycles. The molecule has 1 rings (SSSR count). The van der Waals surface area contributed by atoms with Gasteiger partial charge in [0.1, 0.15) is 5.75 Å². The molecule has 1 N–H and O–H groups in total. The first-order chi connectivity index (χ1) is 6.43. The van der Waals surface area contributed by atoms with Crippen molar-refractivity contribution in [1.29, 1.82) is 0 Å². The molecule has 0 aliphatic rings. The van der Waals surface area contributed by atoms with E-state index >= 15 is 0 Å². The highest BCUT2D eigenvalue weighted by Crippen LogP contribution is 2.29. The molecule has 0 aromatic heterocycles. The minimum atomic E-state index is -2.25. The Morgan fingerprint density at radius 2 is 1.57 bits per heavy atom. The molecule has 14 heavy (non-hydrogen) atoms. The Labute approximate surface area is 86.6 Å². The highest BCUT2D eigenvalue weighted by atomic mass is 32.2. The number of hydrogen-bond acceptors (Lipinski definition) is 2. The van der Waals surface area contributed by atoms with Crippen molar-refractivity contribution in [2.45, 2.75) is 27.7 Å². The Morgan fingerprint density at radius 1 is 1.14 bits per heavy atom. The third-order valence-corrected chi connectivity index (χ3v) is 2.76. The Balaban J connectivity index is 3.31. The Kier molecular flexibility index (Phi) is 3.29. The lowest BCUT2D eigenvalue weighted by atomic mass is 10.0. The normalized spacial score (nSPS) is 12.6. The van der Waals surface area contributed by atoms with Gasteiger partial charge in [0.25, 0.3) is 0 Å². The molecule has 4 heteroatoms. The molecule has 0 aliphatic carbocycles. The van der Waals surface area contributed by atoms with Crippen molar-refractivity contribution in [2.24, 2.45) is 0 Å². The Bertz CT molecular complexity index is 359. The summed E-state index contributed by atoms with van der Waals surface area (Å²) in [5.41, 5.74) is 3.95. The highest BCUT2D eigenvalue weighted by Gasteiger charge is 2.11. The van der Waals surface area contributed by atoms with E-state index in [-0.39, 0.29) is 0 Å². The largest absolute Gasteiger partial charge is 0.380 e. The highest BCUT2D eigenvalue weighted by molar-refractivity contribution is 7.74. The average Bonchev–Trinajstić information content (AvgIpc) is 2.09. The minimum Gasteiger partial charge on any atom is -0.380 e. The second kappa shape index (κ2) is 4.11. The molecule has 1 aromatic rings. The lowest BCUT2D eigenvalue weighted by Crippen LogP contribution is -2.03. The van der Waals surface area contributed by atoms with Crippen LogP contribution in [0.4, 0.5) is 0 Å². The van der Waals surface area contributed by atoms with Gasteiger partial charge in [-0.15, -0.1) is 0 Å². The maximum Gasteiger partial charge on any atom is 0.357 e. The second-order valence-electron chi connectivity index (χ2n) is 3.39. The lowest BCUT2D eigenvalue weighted by molar-refractivity contribution is 0.454. The summed E-state index contributed by atoms with van der Waals surface area (Å²) in [6.45, 7) is 7.66. The Hall–Kier alpha value is -0.870. The molecule has 1 aromatic carbocycles. The molecule has 0 bridgehead atoms. The quantitative estimate of drug-likeness (QED) is 0.769. The lowest BCUT2D eigenvalue weighted by Gasteiger charge is -2.12. The molecule has 1 atom stereocenters. The first-order valence-electron chi connectivity index (χ1n) is 4.30. The molecule has 0 radical (unpaired) electrons. The smallest absolute Gasteiger partial charge is 0.357 e. The molecule has 0 aliphatic heterocycles. The van der Waals surface area contributed by atoms with Gasteiger partial charge >= 0.3 is 11.4 Å². The van der Waals surface area contributed by atoms with E-state index in [1.165, 1.54) is 0 Å². The van der Waals surface area contributed by atoms with Crippen LogP contribution in [0.1, 0.15) is 22.3 Å². The van der Waals surface area contributed by atoms with E-state index in [0.717, 1.165) is 22.3 Å². The summed E-state index contributed by atoms with van der Waals surface area (Å²) in [5.74, 6) is 0.517. The van der Waals surface area contributed by atoms with E-state index in [4.69, 9.17) is 8.74 Å². The minimum absolute atomic E-state index is 0.517. The van der Waals surface area contributed by atoms with Gasteiger partial charge in [0, 0.05) is 0 Å². The van der Waals surface area contributed by atoms with Gasteiger partial charge in [0.05, 0.1) is 0 Å². The van der Waals surface area contributed by atoms with E-state index < -0.39 is 11.4 Å². The molecule has 0 spiro atoms. The topological polar surface area (TPSA) is 46.5 Å². The van der Waals surface area contributed by atoms with Crippen molar-refractivity contribution in [3.05, 3.63) is 28.3 Å². The fourth-order valence-electron chi connectivity index (χ4n) is 1.38. The van der Waals surface area contributed by atoms with Crippen molar-refractivity contribution in [3.8, 4) is 5.75 Å². The van der Waals surface area contributed by atoms with Crippen LogP contribution >= 0.6 is 0 Å². The zero-order chi connectivity index (χ0) is 10.9. The van der Waals surface area contributed by atoms with Crippen LogP contribution < -0.4 is 4.18 Å². The summed E-state index contributed by atoms with van der Waals surface area (Å²) in [6, 6.07) is 2.04. The number of rotatable bonds is 2. The standard InChI is InChI=1S/C10H14O3S/c1-6-5-7(2)9(4)10(8(6)3)13-14(11)12/h5H,1-4H3,(H,11,12). The summed E-state index contributed by atoms with van der Waals surface area (Å²) < 4.78 is 24.1. The van der Waals surface area contributed by atoms with E-state index in [9.17, 15) is 4.21 Å². The molecule has 0 heterocycles. The van der Waals surface area contributed by atoms with Gasteiger partial charge < -0.3 is 4.18 Å². The third kappa shape index (κ3) is 2.13. The van der Waals surface area contributed by atoms with Gasteiger partial charge in [0.2, 0.25) is 0 Å². The SMILES string of the molecule is Cc1cc(C)c(C)c(OS(=O)O)c1C. The summed E-state index contributed by atoms with van der Waals surface area (Å²) >= 11 is -2.25. The Morgan fingerprint density at radius 3 is 1.93 bits per heavy atom. The van der Waals surface area contributed by atoms with Crippen molar-refractivity contribution in [2.75, 3.05) is 0 Å². The van der Waals surface area contributed by atoms with Crippen LogP contribution in [0.15, 0.2) is 6.07 Å². The zero-order valence-electron chi connectivity index (χ0n) is 8.75. The van der Waals surface area contributed by atoms with Crippen LogP contribution in [0.5, 0.6) is 5.75 Å². The van der Waals surface area contributed by atoms with Gasteiger partial charge in [-0.3, -0.25) is 4.55 Å². The van der Waals surface area contributed by atoms with Crippen LogP contribution in [-0.4, -0.2) is 8.76 Å². The summed E-state index contributed by atoms with van der Waals surface area (Å²) in [6.07, 6.45) is 0. The average molecular weight is 214 g/mol. The first-order valence-corrected chi connectivity index (χ1v) is 5.33. The molecule has 3 nitrogen and oxygen atoms in total. The van der Waals surface area contributed by atoms with E-state index in [1.807, 2.05) is 33.8 Å². The van der Waals surface area contributed by atoms with Crippen LogP contribution in [-0.2, 0) is 11.4 Å². The summed E-state index contributed by atoms with van der Waals surface area (Å²) in [7, 11) is 0. The molecule has 1 unspecified atom stereocenters. The first kappa shape index (κ1) is 11.2. The fraction of sp³-hybridized carbons (Fsp3) is 0.400. The predicted molar refractivity (Wildman–Crippen MR) is 56.8 cm³/mol. The predicted octanol–water partition coefficient (Wildman–Crippen LogP) is 2.44. The molecular formula is C10H14O3S. The van der Waals surface area contributed by atoms with E-state index in [0.29, 0.717) is 5.75 Å². The maximum absolute atomic E-state index is 10.6. The molecule has 0 amide bonds. The van der Waals surface area contributed by atoms with Gasteiger partial charge in [-0.05, 0) is 49.9 Å². The monoisotopic (exact) mass is 214 g/mol. The van der Waals surface area contributed by atoms with E-state index in [1.54, 1.807) is 0 Å². The molecular weight excluding hydrogens is 200 g/mol. The molecule has 0 fully saturated rings. The van der Waals surface area contributed by atoms with Crippen LogP contribution in [0, 0.1) is 27.7 Å². The number of benzene rings is 1. The van der Waals surface area contributed by atoms with Crippen molar-refractivity contribution < 1.29 is 12.9 Å². The van der Waals surface area contributed by atoms with Crippen LogP contribution in [0.25, 0.3) is 0 Å². The van der Waals surface area contributed by atoms with Crippen LogP contribution in [0.3, 0.4) is 0 Å². The van der Waals surface area contributed by atoms with E-state index in [2.05, 4.69) is 0 Å². The van der Waals surface area contributed by atoms with Gasteiger partial charge in [0.15, 0.2) is 0 Å². The third-order valence-electron chi connectivity index (χ3n) is 2.45. The van der Waals surface area contributed by atoms with Crippen LogP contribution in [0.2, 0.25) is 0 Å². The van der Waals surface area contributed by atoms with Crippen molar-refractivity contribution in [1.82, 2.24) is 0 Å². The van der Waals surface area contributed by atoms with Crippen molar-refractivity contribution >= 4 is 11.4 Å². The van der Waals surface area contributed by atoms with Gasteiger partial charge in [-0.1, -0.05) is 6.07 Å². The fourth-order valence-corrected chi connectivity index (χ4v) is 1.77.